The van der Waals surface area contributed by atoms with Crippen LogP contribution in [0.5, 0.6) is 0 Å². The maximum absolute atomic E-state index is 12.3. The van der Waals surface area contributed by atoms with E-state index in [4.69, 9.17) is 23.2 Å². The predicted octanol–water partition coefficient (Wildman–Crippen LogP) is 1.38. The van der Waals surface area contributed by atoms with Crippen LogP contribution in [-0.4, -0.2) is 34.9 Å². The standard InChI is InChI=1S/C21H24ClN7O2/c1-2-14-3-5-15(6-4-14)19(12-23)28-20(30)17(24)13-29(25)10-9-27-21(31)18-11-16(22)7-8-26-18/h3-8,11,13,19H,2,9-10,24-25H2,1H3,(H,27,31)(H,28,30)/b17-13-. The molecule has 6 N–H and O–H groups in total. The average Bonchev–Trinajstić information content (AvgIpc) is 2.77. The number of hydrazine groups is 1. The monoisotopic (exact) mass is 441 g/mol. The summed E-state index contributed by atoms with van der Waals surface area (Å²) in [5.74, 6) is 4.77. The highest BCUT2D eigenvalue weighted by atomic mass is 35.5. The molecule has 1 aromatic carbocycles. The Balaban J connectivity index is 1.86. The van der Waals surface area contributed by atoms with Gasteiger partial charge in [0.25, 0.3) is 11.8 Å². The van der Waals surface area contributed by atoms with Crippen LogP contribution in [-0.2, 0) is 11.2 Å². The van der Waals surface area contributed by atoms with Crippen molar-refractivity contribution >= 4 is 23.4 Å². The number of nitrogens with zero attached hydrogens (tertiary/aromatic N) is 3. The van der Waals surface area contributed by atoms with E-state index in [-0.39, 0.29) is 24.5 Å². The van der Waals surface area contributed by atoms with Crippen LogP contribution in [0.4, 0.5) is 0 Å². The van der Waals surface area contributed by atoms with Gasteiger partial charge in [-0.3, -0.25) is 14.6 Å². The fraction of sp³-hybridized carbons (Fsp3) is 0.238. The molecule has 0 spiro atoms. The first-order valence-corrected chi connectivity index (χ1v) is 9.89. The van der Waals surface area contributed by atoms with Gasteiger partial charge in [0, 0.05) is 24.0 Å². The van der Waals surface area contributed by atoms with Crippen molar-refractivity contribution < 1.29 is 9.59 Å². The van der Waals surface area contributed by atoms with Crippen LogP contribution >= 0.6 is 11.6 Å². The van der Waals surface area contributed by atoms with Crippen molar-refractivity contribution in [3.8, 4) is 6.07 Å². The number of pyridine rings is 1. The fourth-order valence-corrected chi connectivity index (χ4v) is 2.73. The minimum absolute atomic E-state index is 0.171. The molecule has 0 aliphatic carbocycles. The third kappa shape index (κ3) is 7.29. The molecule has 1 heterocycles. The van der Waals surface area contributed by atoms with Gasteiger partial charge in [0.15, 0.2) is 0 Å². The Morgan fingerprint density at radius 1 is 1.32 bits per heavy atom. The number of aromatic nitrogens is 1. The fourth-order valence-electron chi connectivity index (χ4n) is 2.57. The zero-order valence-electron chi connectivity index (χ0n) is 17.0. The first kappa shape index (κ1) is 23.7. The predicted molar refractivity (Wildman–Crippen MR) is 117 cm³/mol. The summed E-state index contributed by atoms with van der Waals surface area (Å²) in [5, 5.41) is 16.1. The smallest absolute Gasteiger partial charge is 0.270 e. The number of hydrogen-bond acceptors (Lipinski definition) is 7. The molecule has 0 bridgehead atoms. The lowest BCUT2D eigenvalue weighted by atomic mass is 10.0. The second-order valence-corrected chi connectivity index (χ2v) is 7.00. The number of rotatable bonds is 9. The zero-order valence-corrected chi connectivity index (χ0v) is 17.8. The molecule has 1 aromatic heterocycles. The van der Waals surface area contributed by atoms with E-state index in [1.165, 1.54) is 18.5 Å². The third-order valence-corrected chi connectivity index (χ3v) is 4.54. The summed E-state index contributed by atoms with van der Waals surface area (Å²) in [5.41, 5.74) is 7.58. The average molecular weight is 442 g/mol. The molecule has 10 heteroatoms. The maximum Gasteiger partial charge on any atom is 0.270 e. The van der Waals surface area contributed by atoms with Crippen LogP contribution in [0.3, 0.4) is 0 Å². The van der Waals surface area contributed by atoms with Gasteiger partial charge in [0.1, 0.15) is 17.4 Å². The van der Waals surface area contributed by atoms with Gasteiger partial charge < -0.3 is 21.4 Å². The second-order valence-electron chi connectivity index (χ2n) is 6.57. The van der Waals surface area contributed by atoms with Crippen molar-refractivity contribution in [2.24, 2.45) is 11.6 Å². The maximum atomic E-state index is 12.3. The Bertz CT molecular complexity index is 986. The Kier molecular flexibility index (Phi) is 8.81. The van der Waals surface area contributed by atoms with E-state index in [0.29, 0.717) is 10.6 Å². The minimum atomic E-state index is -0.846. The number of amides is 2. The molecule has 31 heavy (non-hydrogen) atoms. The van der Waals surface area contributed by atoms with Gasteiger partial charge in [0.05, 0.1) is 12.6 Å². The molecule has 1 atom stereocenters. The molecular formula is C21H24ClN7O2. The molecule has 0 aliphatic rings. The molecule has 2 rings (SSSR count). The van der Waals surface area contributed by atoms with E-state index in [0.717, 1.165) is 17.0 Å². The Hall–Kier alpha value is -3.61. The van der Waals surface area contributed by atoms with Gasteiger partial charge >= 0.3 is 0 Å². The molecule has 9 nitrogen and oxygen atoms in total. The van der Waals surface area contributed by atoms with Crippen LogP contribution in [0.1, 0.15) is 34.6 Å². The van der Waals surface area contributed by atoms with Crippen LogP contribution in [0.25, 0.3) is 0 Å². The van der Waals surface area contributed by atoms with Crippen molar-refractivity contribution in [3.63, 3.8) is 0 Å². The molecule has 1 unspecified atom stereocenters. The lowest BCUT2D eigenvalue weighted by Crippen LogP contribution is -2.38. The van der Waals surface area contributed by atoms with Gasteiger partial charge in [-0.25, -0.2) is 5.84 Å². The number of nitrogens with two attached hydrogens (primary N) is 2. The largest absolute Gasteiger partial charge is 0.393 e. The molecule has 2 amide bonds. The summed E-state index contributed by atoms with van der Waals surface area (Å²) in [6.07, 6.45) is 3.54. The summed E-state index contributed by atoms with van der Waals surface area (Å²) >= 11 is 5.83. The quantitative estimate of drug-likeness (QED) is 0.261. The van der Waals surface area contributed by atoms with Gasteiger partial charge in [-0.05, 0) is 29.7 Å². The number of nitrogens with one attached hydrogen (secondary N) is 2. The molecule has 0 saturated heterocycles. The third-order valence-electron chi connectivity index (χ3n) is 4.30. The number of carbonyl (C=O) groups excluding carboxylic acids is 2. The van der Waals surface area contributed by atoms with E-state index in [1.807, 2.05) is 25.1 Å². The molecule has 0 saturated carbocycles. The molecule has 0 aliphatic heterocycles. The molecular weight excluding hydrogens is 418 g/mol. The highest BCUT2D eigenvalue weighted by Gasteiger charge is 2.16. The van der Waals surface area contributed by atoms with Gasteiger partial charge in [-0.15, -0.1) is 0 Å². The van der Waals surface area contributed by atoms with E-state index in [1.54, 1.807) is 18.2 Å². The molecule has 2 aromatic rings. The van der Waals surface area contributed by atoms with E-state index in [9.17, 15) is 14.9 Å². The Labute approximate surface area is 185 Å². The lowest BCUT2D eigenvalue weighted by molar-refractivity contribution is -0.118. The number of nitriles is 1. The first-order chi connectivity index (χ1) is 14.8. The normalized spacial score (nSPS) is 11.9. The van der Waals surface area contributed by atoms with Crippen molar-refractivity contribution in [3.05, 3.63) is 76.3 Å². The number of benzene rings is 1. The van der Waals surface area contributed by atoms with Crippen LogP contribution < -0.4 is 22.2 Å². The van der Waals surface area contributed by atoms with E-state index in [2.05, 4.69) is 15.6 Å². The topological polar surface area (TPSA) is 150 Å². The van der Waals surface area contributed by atoms with Crippen molar-refractivity contribution in [1.82, 2.24) is 20.6 Å². The van der Waals surface area contributed by atoms with Crippen molar-refractivity contribution in [1.29, 1.82) is 5.26 Å². The lowest BCUT2D eigenvalue weighted by Gasteiger charge is -2.16. The van der Waals surface area contributed by atoms with E-state index >= 15 is 0 Å². The first-order valence-electron chi connectivity index (χ1n) is 9.51. The number of hydrogen-bond donors (Lipinski definition) is 4. The minimum Gasteiger partial charge on any atom is -0.393 e. The summed E-state index contributed by atoms with van der Waals surface area (Å²) in [4.78, 5) is 28.3. The van der Waals surface area contributed by atoms with E-state index < -0.39 is 17.9 Å². The SMILES string of the molecule is CCc1ccc(C(C#N)NC(=O)/C(N)=C/N(N)CCNC(=O)c2cc(Cl)ccn2)cc1. The zero-order chi connectivity index (χ0) is 22.8. The second kappa shape index (κ2) is 11.5. The highest BCUT2D eigenvalue weighted by Crippen LogP contribution is 2.14. The summed E-state index contributed by atoms with van der Waals surface area (Å²) in [6.45, 7) is 2.39. The van der Waals surface area contributed by atoms with Gasteiger partial charge in [-0.1, -0.05) is 42.8 Å². The number of aryl methyl sites for hydroxylation is 1. The highest BCUT2D eigenvalue weighted by molar-refractivity contribution is 6.30. The van der Waals surface area contributed by atoms with Crippen LogP contribution in [0, 0.1) is 11.3 Å². The van der Waals surface area contributed by atoms with Crippen molar-refractivity contribution in [2.75, 3.05) is 13.1 Å². The number of halogens is 1. The number of carbonyl (C=O) groups is 2. The Morgan fingerprint density at radius 2 is 2.03 bits per heavy atom. The molecule has 0 radical (unpaired) electrons. The summed E-state index contributed by atoms with van der Waals surface area (Å²) < 4.78 is 0. The summed E-state index contributed by atoms with van der Waals surface area (Å²) in [7, 11) is 0. The van der Waals surface area contributed by atoms with Crippen LogP contribution in [0.15, 0.2) is 54.5 Å². The Morgan fingerprint density at radius 3 is 2.65 bits per heavy atom. The molecule has 0 fully saturated rings. The summed E-state index contributed by atoms with van der Waals surface area (Å²) in [6, 6.07) is 11.6. The molecule has 162 valence electrons. The van der Waals surface area contributed by atoms with Crippen molar-refractivity contribution in [2.45, 2.75) is 19.4 Å². The van der Waals surface area contributed by atoms with Gasteiger partial charge in [0.2, 0.25) is 0 Å². The van der Waals surface area contributed by atoms with Crippen LogP contribution in [0.2, 0.25) is 5.02 Å². The van der Waals surface area contributed by atoms with Gasteiger partial charge in [-0.2, -0.15) is 5.26 Å².